The van der Waals surface area contributed by atoms with E-state index in [0.717, 1.165) is 18.5 Å². The van der Waals surface area contributed by atoms with Gasteiger partial charge in [0, 0.05) is 38.5 Å². The SMILES string of the molecule is CNc1cc(Nc2cccn(-c3ccc(C)nc3)c2=O)nc2c(C(=O)CC3CC[C@@H]3OC)cnn12. The molecule has 1 fully saturated rings. The number of Topliss-reactive ketones (excluding diaryl/α,β-unsaturated/α-hetero) is 1. The number of aryl methyl sites for hydroxylation is 1. The monoisotopic (exact) mass is 473 g/mol. The van der Waals surface area contributed by atoms with Gasteiger partial charge in [0.25, 0.3) is 5.56 Å². The maximum atomic E-state index is 13.2. The van der Waals surface area contributed by atoms with Gasteiger partial charge in [-0.25, -0.2) is 4.98 Å². The van der Waals surface area contributed by atoms with E-state index in [9.17, 15) is 9.59 Å². The van der Waals surface area contributed by atoms with Crippen LogP contribution in [0, 0.1) is 12.8 Å². The number of carbonyl (C=O) groups is 1. The standard InChI is InChI=1S/C25H27N7O3/c1-15-6-8-17(13-27-15)31-10-4-5-19(25(31)34)29-22-12-23(26-2)32-24(30-22)18(14-28-32)20(33)11-16-7-9-21(16)35-3/h4-6,8,10,12-14,16,21,26H,7,9,11H2,1-3H3,(H,29,30)/t16?,21-/m0/s1. The summed E-state index contributed by atoms with van der Waals surface area (Å²) in [6.07, 6.45) is 7.37. The summed E-state index contributed by atoms with van der Waals surface area (Å²) in [5.74, 6) is 1.25. The molecule has 4 aromatic rings. The van der Waals surface area contributed by atoms with Gasteiger partial charge in [-0.05, 0) is 49.9 Å². The zero-order valence-corrected chi connectivity index (χ0v) is 19.9. The van der Waals surface area contributed by atoms with E-state index in [1.807, 2.05) is 19.1 Å². The van der Waals surface area contributed by atoms with Crippen molar-refractivity contribution in [1.29, 1.82) is 0 Å². The van der Waals surface area contributed by atoms with Gasteiger partial charge >= 0.3 is 0 Å². The predicted molar refractivity (Wildman–Crippen MR) is 133 cm³/mol. The number of methoxy groups -OCH3 is 1. The quantitative estimate of drug-likeness (QED) is 0.374. The van der Waals surface area contributed by atoms with Crippen molar-refractivity contribution < 1.29 is 9.53 Å². The number of nitrogens with zero attached hydrogens (tertiary/aromatic N) is 5. The normalized spacial score (nSPS) is 17.2. The van der Waals surface area contributed by atoms with E-state index in [4.69, 9.17) is 4.74 Å². The first-order valence-corrected chi connectivity index (χ1v) is 11.5. The van der Waals surface area contributed by atoms with Gasteiger partial charge in [-0.3, -0.25) is 19.1 Å². The highest BCUT2D eigenvalue weighted by Gasteiger charge is 2.33. The molecule has 2 atom stereocenters. The molecule has 1 aliphatic carbocycles. The lowest BCUT2D eigenvalue weighted by Gasteiger charge is -2.34. The molecule has 0 aliphatic heterocycles. The van der Waals surface area contributed by atoms with Crippen molar-refractivity contribution in [2.75, 3.05) is 24.8 Å². The second-order valence-corrected chi connectivity index (χ2v) is 8.69. The van der Waals surface area contributed by atoms with Crippen LogP contribution in [-0.4, -0.2) is 50.2 Å². The lowest BCUT2D eigenvalue weighted by molar-refractivity contribution is -0.0171. The number of hydrogen-bond acceptors (Lipinski definition) is 8. The van der Waals surface area contributed by atoms with Gasteiger partial charge in [-0.2, -0.15) is 9.61 Å². The molecule has 1 unspecified atom stereocenters. The Kier molecular flexibility index (Phi) is 6.04. The number of fused-ring (bicyclic) bond motifs is 1. The molecular weight excluding hydrogens is 446 g/mol. The first-order chi connectivity index (χ1) is 17.0. The third-order valence-electron chi connectivity index (χ3n) is 6.51. The van der Waals surface area contributed by atoms with Crippen LogP contribution < -0.4 is 16.2 Å². The zero-order chi connectivity index (χ0) is 24.5. The summed E-state index contributed by atoms with van der Waals surface area (Å²) in [4.78, 5) is 35.2. The van der Waals surface area contributed by atoms with Crippen LogP contribution in [-0.2, 0) is 4.74 Å². The Labute approximate surface area is 202 Å². The van der Waals surface area contributed by atoms with Crippen molar-refractivity contribution in [3.63, 3.8) is 0 Å². The molecular formula is C25H27N7O3. The van der Waals surface area contributed by atoms with E-state index in [1.54, 1.807) is 55.5 Å². The van der Waals surface area contributed by atoms with Crippen LogP contribution in [0.25, 0.3) is 11.3 Å². The second kappa shape index (κ2) is 9.30. The van der Waals surface area contributed by atoms with Crippen LogP contribution in [0.5, 0.6) is 0 Å². The fourth-order valence-electron chi connectivity index (χ4n) is 4.37. The Morgan fingerprint density at radius 1 is 1.23 bits per heavy atom. The van der Waals surface area contributed by atoms with Gasteiger partial charge < -0.3 is 15.4 Å². The largest absolute Gasteiger partial charge is 0.381 e. The molecule has 4 aromatic heterocycles. The molecule has 1 aliphatic rings. The van der Waals surface area contributed by atoms with E-state index < -0.39 is 0 Å². The molecule has 0 radical (unpaired) electrons. The summed E-state index contributed by atoms with van der Waals surface area (Å²) in [5, 5.41) is 10.6. The van der Waals surface area contributed by atoms with Crippen molar-refractivity contribution in [1.82, 2.24) is 24.1 Å². The first-order valence-electron chi connectivity index (χ1n) is 11.5. The topological polar surface area (TPSA) is 115 Å². The van der Waals surface area contributed by atoms with Crippen molar-refractivity contribution in [2.24, 2.45) is 5.92 Å². The summed E-state index contributed by atoms with van der Waals surface area (Å²) in [6, 6.07) is 8.91. The smallest absolute Gasteiger partial charge is 0.278 e. The maximum Gasteiger partial charge on any atom is 0.278 e. The molecule has 1 saturated carbocycles. The van der Waals surface area contributed by atoms with Gasteiger partial charge in [0.1, 0.15) is 17.3 Å². The molecule has 2 N–H and O–H groups in total. The Balaban J connectivity index is 1.48. The number of anilines is 3. The number of nitrogens with one attached hydrogen (secondary N) is 2. The Morgan fingerprint density at radius 3 is 2.77 bits per heavy atom. The highest BCUT2D eigenvalue weighted by atomic mass is 16.5. The first kappa shape index (κ1) is 22.7. The summed E-state index contributed by atoms with van der Waals surface area (Å²) in [7, 11) is 3.45. The van der Waals surface area contributed by atoms with E-state index in [1.165, 1.54) is 4.57 Å². The number of hydrogen-bond donors (Lipinski definition) is 2. The maximum absolute atomic E-state index is 13.2. The highest BCUT2D eigenvalue weighted by molar-refractivity contribution is 6.01. The molecule has 5 rings (SSSR count). The van der Waals surface area contributed by atoms with Gasteiger partial charge in [0.2, 0.25) is 0 Å². The minimum absolute atomic E-state index is 0.0209. The average Bonchev–Trinajstić information content (AvgIpc) is 3.27. The summed E-state index contributed by atoms with van der Waals surface area (Å²) < 4.78 is 8.55. The minimum Gasteiger partial charge on any atom is -0.381 e. The van der Waals surface area contributed by atoms with Gasteiger partial charge in [-0.15, -0.1) is 0 Å². The minimum atomic E-state index is -0.244. The number of ether oxygens (including phenoxy) is 1. The van der Waals surface area contributed by atoms with Gasteiger partial charge in [0.05, 0.1) is 29.7 Å². The molecule has 10 heteroatoms. The predicted octanol–water partition coefficient (Wildman–Crippen LogP) is 3.37. The van der Waals surface area contributed by atoms with Crippen molar-refractivity contribution >= 4 is 28.8 Å². The molecule has 0 spiro atoms. The van der Waals surface area contributed by atoms with E-state index >= 15 is 0 Å². The van der Waals surface area contributed by atoms with Crippen LogP contribution in [0.15, 0.2) is 53.7 Å². The van der Waals surface area contributed by atoms with Crippen molar-refractivity contribution in [2.45, 2.75) is 32.3 Å². The number of carbonyl (C=O) groups excluding carboxylic acids is 1. The van der Waals surface area contributed by atoms with Crippen LogP contribution in [0.1, 0.15) is 35.3 Å². The molecule has 35 heavy (non-hydrogen) atoms. The zero-order valence-electron chi connectivity index (χ0n) is 19.9. The van der Waals surface area contributed by atoms with Gasteiger partial charge in [-0.1, -0.05) is 0 Å². The third-order valence-corrected chi connectivity index (χ3v) is 6.51. The van der Waals surface area contributed by atoms with E-state index in [2.05, 4.69) is 25.7 Å². The molecule has 0 bridgehead atoms. The highest BCUT2D eigenvalue weighted by Crippen LogP contribution is 2.34. The van der Waals surface area contributed by atoms with Crippen LogP contribution >= 0.6 is 0 Å². The number of pyridine rings is 2. The molecule has 0 amide bonds. The molecule has 4 heterocycles. The van der Waals surface area contributed by atoms with Crippen molar-refractivity contribution in [3.05, 3.63) is 70.5 Å². The van der Waals surface area contributed by atoms with Gasteiger partial charge in [0.15, 0.2) is 11.4 Å². The number of rotatable bonds is 8. The summed E-state index contributed by atoms with van der Waals surface area (Å²) in [6.45, 7) is 1.89. The molecule has 0 aromatic carbocycles. The number of ketones is 1. The summed E-state index contributed by atoms with van der Waals surface area (Å²) >= 11 is 0. The average molecular weight is 474 g/mol. The molecule has 10 nitrogen and oxygen atoms in total. The van der Waals surface area contributed by atoms with Crippen molar-refractivity contribution in [3.8, 4) is 5.69 Å². The fraction of sp³-hybridized carbons (Fsp3) is 0.320. The second-order valence-electron chi connectivity index (χ2n) is 8.69. The Morgan fingerprint density at radius 2 is 2.09 bits per heavy atom. The molecule has 0 saturated heterocycles. The lowest BCUT2D eigenvalue weighted by Crippen LogP contribution is -2.34. The Bertz CT molecular complexity index is 1440. The lowest BCUT2D eigenvalue weighted by atomic mass is 9.78. The van der Waals surface area contributed by atoms with E-state index in [0.29, 0.717) is 40.6 Å². The molecule has 180 valence electrons. The van der Waals surface area contributed by atoms with E-state index in [-0.39, 0.29) is 23.4 Å². The van der Waals surface area contributed by atoms with Crippen LogP contribution in [0.2, 0.25) is 0 Å². The van der Waals surface area contributed by atoms with Crippen LogP contribution in [0.3, 0.4) is 0 Å². The Hall–Kier alpha value is -4.05. The van der Waals surface area contributed by atoms with Crippen LogP contribution in [0.4, 0.5) is 17.3 Å². The third kappa shape index (κ3) is 4.28. The number of aromatic nitrogens is 5. The fourth-order valence-corrected chi connectivity index (χ4v) is 4.37. The summed E-state index contributed by atoms with van der Waals surface area (Å²) in [5.41, 5.74) is 2.51.